The van der Waals surface area contributed by atoms with Gasteiger partial charge in [0.1, 0.15) is 12.6 Å². The van der Waals surface area contributed by atoms with Crippen molar-refractivity contribution >= 4 is 23.8 Å². The van der Waals surface area contributed by atoms with Crippen LogP contribution in [-0.2, 0) is 32.1 Å². The Morgan fingerprint density at radius 3 is 2.03 bits per heavy atom. The minimum Gasteiger partial charge on any atom is -0.445 e. The van der Waals surface area contributed by atoms with Gasteiger partial charge in [-0.15, -0.1) is 0 Å². The predicted molar refractivity (Wildman–Crippen MR) is 109 cm³/mol. The van der Waals surface area contributed by atoms with Crippen LogP contribution in [0.4, 0.5) is 4.79 Å². The van der Waals surface area contributed by atoms with Crippen LogP contribution in [0.2, 0.25) is 0 Å². The van der Waals surface area contributed by atoms with Crippen LogP contribution in [0.15, 0.2) is 60.7 Å². The molecule has 0 aliphatic rings. The van der Waals surface area contributed by atoms with Crippen LogP contribution in [0.5, 0.6) is 0 Å². The molecule has 2 rings (SSSR count). The van der Waals surface area contributed by atoms with Gasteiger partial charge in [0.25, 0.3) is 0 Å². The molecule has 30 heavy (non-hydrogen) atoms. The highest BCUT2D eigenvalue weighted by atomic mass is 16.5. The third-order valence-corrected chi connectivity index (χ3v) is 3.99. The lowest BCUT2D eigenvalue weighted by Crippen LogP contribution is -2.50. The second kappa shape index (κ2) is 11.8. The lowest BCUT2D eigenvalue weighted by Gasteiger charge is -2.18. The van der Waals surface area contributed by atoms with Crippen LogP contribution in [0.1, 0.15) is 11.1 Å². The molecule has 2 aromatic carbocycles. The standard InChI is InChI=1S/C21H24N4O5/c22-18(26)12-23-19(27)13-24-20(28)17(11-15-7-3-1-4-8-15)25-21(29)30-14-16-9-5-2-6-10-16/h1-10,17H,11-14H2,(H2,22,26)(H,23,27)(H,24,28)(H,25,29)/t17-/m1/s1. The van der Waals surface area contributed by atoms with E-state index in [-0.39, 0.29) is 26.1 Å². The number of nitrogens with two attached hydrogens (primary N) is 1. The van der Waals surface area contributed by atoms with E-state index >= 15 is 0 Å². The zero-order valence-corrected chi connectivity index (χ0v) is 16.3. The topological polar surface area (TPSA) is 140 Å². The molecular formula is C21H24N4O5. The molecule has 0 saturated heterocycles. The first-order valence-electron chi connectivity index (χ1n) is 9.28. The number of rotatable bonds is 10. The van der Waals surface area contributed by atoms with E-state index in [2.05, 4.69) is 16.0 Å². The van der Waals surface area contributed by atoms with Gasteiger partial charge in [-0.25, -0.2) is 4.79 Å². The molecule has 0 unspecified atom stereocenters. The summed E-state index contributed by atoms with van der Waals surface area (Å²) in [5.74, 6) is -1.84. The number of primary amides is 1. The van der Waals surface area contributed by atoms with Gasteiger partial charge in [0.05, 0.1) is 13.1 Å². The normalized spacial score (nSPS) is 11.1. The minimum absolute atomic E-state index is 0.0574. The van der Waals surface area contributed by atoms with Gasteiger partial charge >= 0.3 is 6.09 Å². The third kappa shape index (κ3) is 8.42. The number of carbonyl (C=O) groups excluding carboxylic acids is 4. The number of hydrogen-bond acceptors (Lipinski definition) is 5. The fraction of sp³-hybridized carbons (Fsp3) is 0.238. The molecule has 0 fully saturated rings. The maximum atomic E-state index is 12.5. The summed E-state index contributed by atoms with van der Waals surface area (Å²) in [6.45, 7) is -0.633. The molecule has 0 bridgehead atoms. The van der Waals surface area contributed by atoms with Crippen molar-refractivity contribution < 1.29 is 23.9 Å². The van der Waals surface area contributed by atoms with Crippen LogP contribution in [-0.4, -0.2) is 42.9 Å². The molecule has 158 valence electrons. The zero-order chi connectivity index (χ0) is 21.8. The summed E-state index contributed by atoms with van der Waals surface area (Å²) in [4.78, 5) is 47.1. The molecule has 1 atom stereocenters. The van der Waals surface area contributed by atoms with Crippen LogP contribution >= 0.6 is 0 Å². The molecule has 2 aromatic rings. The molecule has 0 radical (unpaired) electrons. The van der Waals surface area contributed by atoms with Crippen LogP contribution < -0.4 is 21.7 Å². The van der Waals surface area contributed by atoms with E-state index in [1.54, 1.807) is 0 Å². The third-order valence-electron chi connectivity index (χ3n) is 3.99. The lowest BCUT2D eigenvalue weighted by molar-refractivity contribution is -0.128. The molecule has 0 heterocycles. The molecule has 9 nitrogen and oxygen atoms in total. The van der Waals surface area contributed by atoms with Crippen molar-refractivity contribution in [3.8, 4) is 0 Å². The highest BCUT2D eigenvalue weighted by Gasteiger charge is 2.22. The Kier molecular flexibility index (Phi) is 8.85. The Hall–Kier alpha value is -3.88. The van der Waals surface area contributed by atoms with Crippen molar-refractivity contribution in [1.29, 1.82) is 0 Å². The number of alkyl carbamates (subject to hydrolysis) is 1. The Balaban J connectivity index is 1.93. The van der Waals surface area contributed by atoms with Crippen LogP contribution in [0.3, 0.4) is 0 Å². The summed E-state index contributed by atoms with van der Waals surface area (Å²) < 4.78 is 5.18. The van der Waals surface area contributed by atoms with Crippen molar-refractivity contribution in [3.05, 3.63) is 71.8 Å². The van der Waals surface area contributed by atoms with E-state index in [1.807, 2.05) is 60.7 Å². The first-order valence-corrected chi connectivity index (χ1v) is 9.28. The van der Waals surface area contributed by atoms with E-state index in [1.165, 1.54) is 0 Å². The maximum absolute atomic E-state index is 12.5. The smallest absolute Gasteiger partial charge is 0.408 e. The van der Waals surface area contributed by atoms with Crippen LogP contribution in [0.25, 0.3) is 0 Å². The van der Waals surface area contributed by atoms with Gasteiger partial charge in [-0.2, -0.15) is 0 Å². The fourth-order valence-electron chi connectivity index (χ4n) is 2.50. The number of amides is 4. The van der Waals surface area contributed by atoms with Crippen molar-refractivity contribution in [2.45, 2.75) is 19.1 Å². The number of hydrogen-bond donors (Lipinski definition) is 4. The molecule has 5 N–H and O–H groups in total. The first-order chi connectivity index (χ1) is 14.4. The molecule has 9 heteroatoms. The molecule has 0 aliphatic heterocycles. The van der Waals surface area contributed by atoms with E-state index in [4.69, 9.17) is 10.5 Å². The monoisotopic (exact) mass is 412 g/mol. The van der Waals surface area contributed by atoms with Crippen molar-refractivity contribution in [2.75, 3.05) is 13.1 Å². The van der Waals surface area contributed by atoms with Gasteiger partial charge in [-0.05, 0) is 11.1 Å². The second-order valence-electron chi connectivity index (χ2n) is 6.41. The van der Waals surface area contributed by atoms with Gasteiger partial charge in [-0.3, -0.25) is 14.4 Å². The van der Waals surface area contributed by atoms with Crippen molar-refractivity contribution in [2.24, 2.45) is 5.73 Å². The average Bonchev–Trinajstić information content (AvgIpc) is 2.75. The molecule has 4 amide bonds. The molecule has 0 saturated carbocycles. The molecule has 0 aromatic heterocycles. The largest absolute Gasteiger partial charge is 0.445 e. The highest BCUT2D eigenvalue weighted by molar-refractivity contribution is 5.90. The minimum atomic E-state index is -0.959. The number of carbonyl (C=O) groups is 4. The zero-order valence-electron chi connectivity index (χ0n) is 16.3. The summed E-state index contributed by atoms with van der Waals surface area (Å²) in [5, 5.41) is 7.23. The Morgan fingerprint density at radius 2 is 1.43 bits per heavy atom. The number of ether oxygens (including phenoxy) is 1. The average molecular weight is 412 g/mol. The Labute approximate surface area is 174 Å². The van der Waals surface area contributed by atoms with Crippen LogP contribution in [0, 0.1) is 0 Å². The van der Waals surface area contributed by atoms with E-state index < -0.39 is 29.9 Å². The van der Waals surface area contributed by atoms with E-state index in [0.29, 0.717) is 0 Å². The SMILES string of the molecule is NC(=O)CNC(=O)CNC(=O)[C@@H](Cc1ccccc1)NC(=O)OCc1ccccc1. The maximum Gasteiger partial charge on any atom is 0.408 e. The summed E-state index contributed by atoms with van der Waals surface area (Å²) >= 11 is 0. The summed E-state index contributed by atoms with van der Waals surface area (Å²) in [7, 11) is 0. The van der Waals surface area contributed by atoms with E-state index in [0.717, 1.165) is 11.1 Å². The van der Waals surface area contributed by atoms with Gasteiger partial charge in [0.15, 0.2) is 0 Å². The summed E-state index contributed by atoms with van der Waals surface area (Å²) in [6, 6.07) is 17.3. The summed E-state index contributed by atoms with van der Waals surface area (Å²) in [5.41, 5.74) is 6.58. The Bertz CT molecular complexity index is 858. The van der Waals surface area contributed by atoms with Crippen molar-refractivity contribution in [1.82, 2.24) is 16.0 Å². The lowest BCUT2D eigenvalue weighted by atomic mass is 10.1. The van der Waals surface area contributed by atoms with Gasteiger partial charge < -0.3 is 26.4 Å². The highest BCUT2D eigenvalue weighted by Crippen LogP contribution is 2.05. The summed E-state index contributed by atoms with van der Waals surface area (Å²) in [6.07, 6.45) is -0.552. The van der Waals surface area contributed by atoms with E-state index in [9.17, 15) is 19.2 Å². The molecule has 0 spiro atoms. The first kappa shape index (κ1) is 22.4. The molecular weight excluding hydrogens is 388 g/mol. The fourth-order valence-corrected chi connectivity index (χ4v) is 2.50. The quantitative estimate of drug-likeness (QED) is 0.443. The predicted octanol–water partition coefficient (Wildman–Crippen LogP) is 0.242. The number of benzene rings is 2. The van der Waals surface area contributed by atoms with Gasteiger partial charge in [-0.1, -0.05) is 60.7 Å². The number of nitrogens with one attached hydrogen (secondary N) is 3. The van der Waals surface area contributed by atoms with Crippen molar-refractivity contribution in [3.63, 3.8) is 0 Å². The van der Waals surface area contributed by atoms with Gasteiger partial charge in [0.2, 0.25) is 17.7 Å². The second-order valence-corrected chi connectivity index (χ2v) is 6.41. The van der Waals surface area contributed by atoms with Gasteiger partial charge in [0, 0.05) is 6.42 Å². The molecule has 0 aliphatic carbocycles. The Morgan fingerprint density at radius 1 is 0.833 bits per heavy atom.